The van der Waals surface area contributed by atoms with E-state index in [2.05, 4.69) is 20.3 Å². The maximum absolute atomic E-state index is 11.9. The molecule has 0 heterocycles. The van der Waals surface area contributed by atoms with Gasteiger partial charge < -0.3 is 10.6 Å². The molecule has 1 aliphatic carbocycles. The van der Waals surface area contributed by atoms with E-state index in [9.17, 15) is 8.42 Å². The van der Waals surface area contributed by atoms with E-state index >= 15 is 0 Å². The molecular weight excluding hydrogens is 308 g/mol. The summed E-state index contributed by atoms with van der Waals surface area (Å²) in [6, 6.07) is 0. The lowest BCUT2D eigenvalue weighted by Crippen LogP contribution is -2.42. The molecule has 8 heteroatoms. The highest BCUT2D eigenvalue weighted by atomic mass is 32.2. The summed E-state index contributed by atoms with van der Waals surface area (Å²) < 4.78 is 26.4. The smallest absolute Gasteiger partial charge is 0.213 e. The second-order valence-electron chi connectivity index (χ2n) is 5.14. The number of hydrogen-bond acceptors (Lipinski definition) is 4. The summed E-state index contributed by atoms with van der Waals surface area (Å²) in [6.45, 7) is 4.43. The van der Waals surface area contributed by atoms with E-state index in [1.165, 1.54) is 6.42 Å². The standard InChI is InChI=1S/C13H28N4O2S2/c1-3-14-13(15-7-9-20-2)16-8-10-21(18,19)17-11-12-5-4-6-12/h12,17H,3-11H2,1-2H3,(H2,14,15,16). The molecule has 0 bridgehead atoms. The Morgan fingerprint density at radius 2 is 2.10 bits per heavy atom. The van der Waals surface area contributed by atoms with Crippen LogP contribution < -0.4 is 15.4 Å². The molecule has 0 aromatic heterocycles. The van der Waals surface area contributed by atoms with E-state index in [1.807, 2.05) is 13.2 Å². The van der Waals surface area contributed by atoms with Crippen LogP contribution in [-0.4, -0.2) is 58.3 Å². The molecule has 0 aromatic rings. The average Bonchev–Trinajstić information content (AvgIpc) is 2.37. The van der Waals surface area contributed by atoms with Crippen molar-refractivity contribution in [1.29, 1.82) is 0 Å². The van der Waals surface area contributed by atoms with Crippen LogP contribution in [-0.2, 0) is 10.0 Å². The van der Waals surface area contributed by atoms with Crippen molar-refractivity contribution < 1.29 is 8.42 Å². The first kappa shape index (κ1) is 18.6. The fourth-order valence-corrected chi connectivity index (χ4v) is 3.19. The monoisotopic (exact) mass is 336 g/mol. The average molecular weight is 337 g/mol. The fraction of sp³-hybridized carbons (Fsp3) is 0.923. The lowest BCUT2D eigenvalue weighted by atomic mass is 9.86. The normalized spacial score (nSPS) is 16.6. The Morgan fingerprint density at radius 1 is 1.33 bits per heavy atom. The highest BCUT2D eigenvalue weighted by molar-refractivity contribution is 7.98. The van der Waals surface area contributed by atoms with Crippen LogP contribution in [0.3, 0.4) is 0 Å². The van der Waals surface area contributed by atoms with Crippen molar-refractivity contribution in [3.8, 4) is 0 Å². The summed E-state index contributed by atoms with van der Waals surface area (Å²) in [5.74, 6) is 2.25. The van der Waals surface area contributed by atoms with Gasteiger partial charge in [-0.05, 0) is 31.9 Å². The van der Waals surface area contributed by atoms with Gasteiger partial charge in [-0.15, -0.1) is 0 Å². The minimum Gasteiger partial charge on any atom is -0.357 e. The first-order valence-electron chi connectivity index (χ1n) is 7.56. The first-order chi connectivity index (χ1) is 10.1. The van der Waals surface area contributed by atoms with Crippen LogP contribution in [0.25, 0.3) is 0 Å². The summed E-state index contributed by atoms with van der Waals surface area (Å²) in [4.78, 5) is 4.38. The fourth-order valence-electron chi connectivity index (χ4n) is 1.91. The number of hydrogen-bond donors (Lipinski definition) is 3. The van der Waals surface area contributed by atoms with E-state index < -0.39 is 10.0 Å². The number of thioether (sulfide) groups is 1. The predicted molar refractivity (Wildman–Crippen MR) is 91.5 cm³/mol. The number of aliphatic imine (C=N–C) groups is 1. The molecule has 0 saturated heterocycles. The van der Waals surface area contributed by atoms with Gasteiger partial charge >= 0.3 is 0 Å². The van der Waals surface area contributed by atoms with Gasteiger partial charge in [0.15, 0.2) is 5.96 Å². The zero-order chi connectivity index (χ0) is 15.6. The Morgan fingerprint density at radius 3 is 2.67 bits per heavy atom. The molecule has 0 radical (unpaired) electrons. The number of nitrogens with zero attached hydrogens (tertiary/aromatic N) is 1. The molecule has 0 spiro atoms. The largest absolute Gasteiger partial charge is 0.357 e. The van der Waals surface area contributed by atoms with Crippen LogP contribution in [0.2, 0.25) is 0 Å². The molecule has 0 unspecified atom stereocenters. The molecule has 1 aliphatic rings. The third-order valence-corrected chi connectivity index (χ3v) is 5.33. The van der Waals surface area contributed by atoms with Crippen molar-refractivity contribution in [2.45, 2.75) is 26.2 Å². The molecule has 124 valence electrons. The summed E-state index contributed by atoms with van der Waals surface area (Å²) in [7, 11) is -3.19. The Bertz CT molecular complexity index is 408. The number of rotatable bonds is 10. The lowest BCUT2D eigenvalue weighted by molar-refractivity contribution is 0.316. The van der Waals surface area contributed by atoms with E-state index in [-0.39, 0.29) is 5.75 Å². The van der Waals surface area contributed by atoms with Gasteiger partial charge in [-0.1, -0.05) is 6.42 Å². The summed E-state index contributed by atoms with van der Waals surface area (Å²) in [5, 5.41) is 6.17. The number of nitrogens with one attached hydrogen (secondary N) is 3. The maximum atomic E-state index is 11.9. The van der Waals surface area contributed by atoms with E-state index in [4.69, 9.17) is 0 Å². The van der Waals surface area contributed by atoms with Crippen molar-refractivity contribution in [2.24, 2.45) is 10.9 Å². The van der Waals surface area contributed by atoms with Gasteiger partial charge in [-0.2, -0.15) is 11.8 Å². The molecule has 3 N–H and O–H groups in total. The predicted octanol–water partition coefficient (Wildman–Crippen LogP) is 0.624. The quantitative estimate of drug-likeness (QED) is 0.310. The van der Waals surface area contributed by atoms with Gasteiger partial charge in [0.1, 0.15) is 0 Å². The van der Waals surface area contributed by atoms with Crippen LogP contribution in [0.5, 0.6) is 0 Å². The maximum Gasteiger partial charge on any atom is 0.213 e. The Hall–Kier alpha value is -0.470. The molecule has 0 atom stereocenters. The molecular formula is C13H28N4O2S2. The van der Waals surface area contributed by atoms with Gasteiger partial charge in [-0.25, -0.2) is 13.1 Å². The third kappa shape index (κ3) is 8.53. The topological polar surface area (TPSA) is 82.6 Å². The summed E-state index contributed by atoms with van der Waals surface area (Å²) >= 11 is 1.74. The zero-order valence-electron chi connectivity index (χ0n) is 13.0. The molecule has 6 nitrogen and oxygen atoms in total. The van der Waals surface area contributed by atoms with Gasteiger partial charge in [-0.3, -0.25) is 4.99 Å². The zero-order valence-corrected chi connectivity index (χ0v) is 14.7. The van der Waals surface area contributed by atoms with E-state index in [0.717, 1.165) is 31.7 Å². The second kappa shape index (κ2) is 10.3. The van der Waals surface area contributed by atoms with Crippen LogP contribution >= 0.6 is 11.8 Å². The summed E-state index contributed by atoms with van der Waals surface area (Å²) in [5.41, 5.74) is 0. The van der Waals surface area contributed by atoms with Crippen LogP contribution in [0.4, 0.5) is 0 Å². The number of sulfonamides is 1. The van der Waals surface area contributed by atoms with Crippen molar-refractivity contribution in [3.05, 3.63) is 0 Å². The van der Waals surface area contributed by atoms with Gasteiger partial charge in [0.25, 0.3) is 0 Å². The van der Waals surface area contributed by atoms with Crippen LogP contribution in [0, 0.1) is 5.92 Å². The molecule has 0 aromatic carbocycles. The van der Waals surface area contributed by atoms with Crippen molar-refractivity contribution >= 4 is 27.7 Å². The third-order valence-electron chi connectivity index (χ3n) is 3.39. The molecule has 1 rings (SSSR count). The molecule has 0 amide bonds. The van der Waals surface area contributed by atoms with Gasteiger partial charge in [0.05, 0.1) is 12.3 Å². The second-order valence-corrected chi connectivity index (χ2v) is 8.06. The van der Waals surface area contributed by atoms with Gasteiger partial charge in [0, 0.05) is 25.4 Å². The molecule has 1 saturated carbocycles. The van der Waals surface area contributed by atoms with Crippen molar-refractivity contribution in [2.75, 3.05) is 43.9 Å². The van der Waals surface area contributed by atoms with E-state index in [1.54, 1.807) is 11.8 Å². The van der Waals surface area contributed by atoms with Crippen molar-refractivity contribution in [3.63, 3.8) is 0 Å². The Balaban J connectivity index is 2.25. The Labute approximate surface area is 133 Å². The lowest BCUT2D eigenvalue weighted by Gasteiger charge is -2.25. The van der Waals surface area contributed by atoms with E-state index in [0.29, 0.717) is 25.0 Å². The minimum atomic E-state index is -3.19. The van der Waals surface area contributed by atoms with Crippen LogP contribution in [0.1, 0.15) is 26.2 Å². The minimum absolute atomic E-state index is 0.0761. The Kier molecular flexibility index (Phi) is 9.10. The van der Waals surface area contributed by atoms with Crippen LogP contribution in [0.15, 0.2) is 4.99 Å². The highest BCUT2D eigenvalue weighted by Gasteiger charge is 2.19. The highest BCUT2D eigenvalue weighted by Crippen LogP contribution is 2.25. The van der Waals surface area contributed by atoms with Gasteiger partial charge in [0.2, 0.25) is 10.0 Å². The number of guanidine groups is 1. The van der Waals surface area contributed by atoms with Crippen molar-refractivity contribution in [1.82, 2.24) is 15.4 Å². The molecule has 1 fully saturated rings. The SMILES string of the molecule is CCNC(=NCCSC)NCCS(=O)(=O)NCC1CCC1. The molecule has 0 aliphatic heterocycles. The summed E-state index contributed by atoms with van der Waals surface area (Å²) in [6.07, 6.45) is 5.56. The molecule has 21 heavy (non-hydrogen) atoms. The first-order valence-corrected chi connectivity index (χ1v) is 10.6.